The molecule has 0 unspecified atom stereocenters. The lowest BCUT2D eigenvalue weighted by atomic mass is 10.3. The van der Waals surface area contributed by atoms with E-state index in [-0.39, 0.29) is 22.1 Å². The van der Waals surface area contributed by atoms with Crippen molar-refractivity contribution in [3.63, 3.8) is 0 Å². The molecule has 0 spiro atoms. The summed E-state index contributed by atoms with van der Waals surface area (Å²) in [4.78, 5) is 24.9. The minimum Gasteiger partial charge on any atom is -0.318 e. The number of carbonyl (C=O) groups is 2. The van der Waals surface area contributed by atoms with Gasteiger partial charge in [0.25, 0.3) is 11.8 Å². The summed E-state index contributed by atoms with van der Waals surface area (Å²) in [6.45, 7) is 1.83. The van der Waals surface area contributed by atoms with Crippen molar-refractivity contribution in [3.05, 3.63) is 40.7 Å². The van der Waals surface area contributed by atoms with Crippen molar-refractivity contribution >= 4 is 34.8 Å². The maximum absolute atomic E-state index is 12.6. The van der Waals surface area contributed by atoms with Gasteiger partial charge in [-0.1, -0.05) is 11.6 Å². The monoisotopic (exact) mass is 362 g/mol. The molecule has 0 radical (unpaired) electrons. The number of hydrogen-bond acceptors (Lipinski definition) is 5. The average Bonchev–Trinajstić information content (AvgIpc) is 3.23. The van der Waals surface area contributed by atoms with Gasteiger partial charge in [-0.25, -0.2) is 0 Å². The Hall–Kier alpha value is -3.14. The van der Waals surface area contributed by atoms with Crippen LogP contribution >= 0.6 is 11.6 Å². The van der Waals surface area contributed by atoms with Gasteiger partial charge in [0, 0.05) is 14.1 Å². The molecule has 130 valence electrons. The zero-order chi connectivity index (χ0) is 18.1. The summed E-state index contributed by atoms with van der Waals surface area (Å²) < 4.78 is 3.01. The highest BCUT2D eigenvalue weighted by atomic mass is 35.5. The molecular formula is C14H15ClN8O2. The third-order valence-corrected chi connectivity index (χ3v) is 3.99. The Labute approximate surface area is 147 Å². The summed E-state index contributed by atoms with van der Waals surface area (Å²) in [6, 6.07) is 0. The van der Waals surface area contributed by atoms with Gasteiger partial charge in [0.1, 0.15) is 11.4 Å². The summed E-state index contributed by atoms with van der Waals surface area (Å²) in [5.74, 6) is -0.954. The van der Waals surface area contributed by atoms with Crippen LogP contribution in [0.1, 0.15) is 26.7 Å². The maximum Gasteiger partial charge on any atom is 0.276 e. The largest absolute Gasteiger partial charge is 0.318 e. The van der Waals surface area contributed by atoms with Crippen LogP contribution in [0.15, 0.2) is 18.6 Å². The molecule has 3 rings (SSSR count). The fraction of sp³-hybridized carbons (Fsp3) is 0.214. The van der Waals surface area contributed by atoms with E-state index in [2.05, 4.69) is 31.0 Å². The molecule has 0 saturated heterocycles. The Kier molecular flexibility index (Phi) is 4.28. The molecule has 3 aromatic heterocycles. The van der Waals surface area contributed by atoms with E-state index < -0.39 is 11.8 Å². The minimum atomic E-state index is -0.526. The number of aryl methyl sites for hydroxylation is 2. The normalized spacial score (nSPS) is 10.7. The zero-order valence-corrected chi connectivity index (χ0v) is 14.4. The maximum atomic E-state index is 12.6. The van der Waals surface area contributed by atoms with Crippen molar-refractivity contribution < 1.29 is 9.59 Å². The van der Waals surface area contributed by atoms with Gasteiger partial charge in [0.15, 0.2) is 0 Å². The van der Waals surface area contributed by atoms with Crippen molar-refractivity contribution in [2.45, 2.75) is 6.92 Å². The Bertz CT molecular complexity index is 954. The van der Waals surface area contributed by atoms with E-state index in [4.69, 9.17) is 11.6 Å². The number of nitrogens with one attached hydrogen (secondary N) is 3. The van der Waals surface area contributed by atoms with Crippen LogP contribution in [-0.4, -0.2) is 41.6 Å². The number of anilines is 2. The van der Waals surface area contributed by atoms with Crippen LogP contribution in [0.5, 0.6) is 0 Å². The van der Waals surface area contributed by atoms with Crippen molar-refractivity contribution in [2.24, 2.45) is 14.1 Å². The molecule has 0 aromatic carbocycles. The first-order chi connectivity index (χ1) is 11.9. The number of H-pyrrole nitrogens is 1. The van der Waals surface area contributed by atoms with Gasteiger partial charge in [-0.05, 0) is 6.92 Å². The summed E-state index contributed by atoms with van der Waals surface area (Å²) >= 11 is 5.87. The van der Waals surface area contributed by atoms with E-state index in [1.807, 2.05) is 6.92 Å². The third kappa shape index (κ3) is 3.11. The van der Waals surface area contributed by atoms with E-state index >= 15 is 0 Å². The molecule has 3 aromatic rings. The summed E-state index contributed by atoms with van der Waals surface area (Å²) in [5, 5.41) is 19.8. The highest BCUT2D eigenvalue weighted by Crippen LogP contribution is 2.20. The topological polar surface area (TPSA) is 123 Å². The van der Waals surface area contributed by atoms with Crippen molar-refractivity contribution in [1.82, 2.24) is 29.8 Å². The molecule has 11 heteroatoms. The van der Waals surface area contributed by atoms with Crippen LogP contribution in [0, 0.1) is 6.92 Å². The molecule has 25 heavy (non-hydrogen) atoms. The van der Waals surface area contributed by atoms with Gasteiger partial charge in [-0.2, -0.15) is 15.3 Å². The number of amides is 2. The molecule has 0 bridgehead atoms. The molecule has 3 N–H and O–H groups in total. The molecule has 0 atom stereocenters. The minimum absolute atomic E-state index is 0.0972. The lowest BCUT2D eigenvalue weighted by Gasteiger charge is -2.08. The molecule has 0 saturated carbocycles. The summed E-state index contributed by atoms with van der Waals surface area (Å²) in [7, 11) is 3.37. The average molecular weight is 363 g/mol. The Balaban J connectivity index is 1.84. The molecule has 3 heterocycles. The van der Waals surface area contributed by atoms with Gasteiger partial charge in [0.05, 0.1) is 40.7 Å². The number of aromatic amines is 1. The SMILES string of the molecule is Cc1c(NC(=O)c2c(NC(=O)c3[nH]ncc3Cl)cnn2C)cnn1C. The molecule has 0 aliphatic rings. The summed E-state index contributed by atoms with van der Waals surface area (Å²) in [5.41, 5.74) is 1.90. The smallest absolute Gasteiger partial charge is 0.276 e. The number of hydrogen-bond donors (Lipinski definition) is 3. The highest BCUT2D eigenvalue weighted by molar-refractivity contribution is 6.34. The van der Waals surface area contributed by atoms with E-state index in [1.165, 1.54) is 17.1 Å². The molecule has 0 aliphatic heterocycles. The van der Waals surface area contributed by atoms with Crippen LogP contribution in [0.25, 0.3) is 0 Å². The van der Waals surface area contributed by atoms with Crippen LogP contribution in [0.2, 0.25) is 5.02 Å². The molecule has 0 aliphatic carbocycles. The van der Waals surface area contributed by atoms with E-state index in [9.17, 15) is 9.59 Å². The first kappa shape index (κ1) is 16.7. The second-order valence-corrected chi connectivity index (χ2v) is 5.71. The molecule has 2 amide bonds. The van der Waals surface area contributed by atoms with Crippen molar-refractivity contribution in [2.75, 3.05) is 10.6 Å². The Morgan fingerprint density at radius 3 is 2.28 bits per heavy atom. The van der Waals surface area contributed by atoms with Crippen LogP contribution in [-0.2, 0) is 14.1 Å². The zero-order valence-electron chi connectivity index (χ0n) is 13.7. The van der Waals surface area contributed by atoms with Crippen molar-refractivity contribution in [3.8, 4) is 0 Å². The van der Waals surface area contributed by atoms with Crippen LogP contribution in [0.4, 0.5) is 11.4 Å². The van der Waals surface area contributed by atoms with Crippen LogP contribution < -0.4 is 10.6 Å². The Morgan fingerprint density at radius 1 is 1.04 bits per heavy atom. The molecular weight excluding hydrogens is 348 g/mol. The van der Waals surface area contributed by atoms with Gasteiger partial charge in [-0.3, -0.25) is 24.1 Å². The quantitative estimate of drug-likeness (QED) is 0.646. The predicted molar refractivity (Wildman–Crippen MR) is 90.7 cm³/mol. The number of nitrogens with zero attached hydrogens (tertiary/aromatic N) is 5. The number of rotatable bonds is 4. The number of halogens is 1. The second-order valence-electron chi connectivity index (χ2n) is 5.30. The fourth-order valence-electron chi connectivity index (χ4n) is 2.22. The second kappa shape index (κ2) is 6.40. The lowest BCUT2D eigenvalue weighted by molar-refractivity contribution is 0.101. The number of aromatic nitrogens is 6. The van der Waals surface area contributed by atoms with Crippen molar-refractivity contribution in [1.29, 1.82) is 0 Å². The van der Waals surface area contributed by atoms with E-state index in [0.717, 1.165) is 5.69 Å². The van der Waals surface area contributed by atoms with Gasteiger partial charge < -0.3 is 10.6 Å². The third-order valence-electron chi connectivity index (χ3n) is 3.71. The first-order valence-electron chi connectivity index (χ1n) is 7.20. The number of carbonyl (C=O) groups excluding carboxylic acids is 2. The van der Waals surface area contributed by atoms with Gasteiger partial charge in [-0.15, -0.1) is 0 Å². The van der Waals surface area contributed by atoms with E-state index in [0.29, 0.717) is 5.69 Å². The highest BCUT2D eigenvalue weighted by Gasteiger charge is 2.22. The first-order valence-corrected chi connectivity index (χ1v) is 7.58. The lowest BCUT2D eigenvalue weighted by Crippen LogP contribution is -2.20. The van der Waals surface area contributed by atoms with E-state index in [1.54, 1.807) is 25.0 Å². The van der Waals surface area contributed by atoms with Crippen LogP contribution in [0.3, 0.4) is 0 Å². The summed E-state index contributed by atoms with van der Waals surface area (Å²) in [6.07, 6.45) is 4.25. The predicted octanol–water partition coefficient (Wildman–Crippen LogP) is 1.34. The van der Waals surface area contributed by atoms with Gasteiger partial charge >= 0.3 is 0 Å². The molecule has 10 nitrogen and oxygen atoms in total. The van der Waals surface area contributed by atoms with Gasteiger partial charge in [0.2, 0.25) is 0 Å². The Morgan fingerprint density at radius 2 is 1.68 bits per heavy atom. The molecule has 0 fully saturated rings. The fourth-order valence-corrected chi connectivity index (χ4v) is 2.39. The standard InChI is InChI=1S/C14H15ClN8O2/c1-7-9(5-17-22(7)2)19-14(25)12-10(6-18-23(12)3)20-13(24)11-8(15)4-16-21-11/h4-6H,1-3H3,(H,16,21)(H,19,25)(H,20,24).